The molecule has 0 aliphatic carbocycles. The van der Waals surface area contributed by atoms with Gasteiger partial charge in [-0.3, -0.25) is 14.5 Å². The Bertz CT molecular complexity index is 1250. The molecule has 1 amide bonds. The molecule has 1 unspecified atom stereocenters. The van der Waals surface area contributed by atoms with Crippen molar-refractivity contribution in [2.24, 2.45) is 0 Å². The van der Waals surface area contributed by atoms with Crippen LogP contribution in [-0.4, -0.2) is 30.5 Å². The maximum atomic E-state index is 13.5. The molecule has 0 bridgehead atoms. The number of aliphatic hydroxyl groups excluding tert-OH is 1. The van der Waals surface area contributed by atoms with Crippen molar-refractivity contribution in [3.63, 3.8) is 0 Å². The van der Waals surface area contributed by atoms with Crippen LogP contribution in [0.4, 0.5) is 5.69 Å². The second-order valence-electron chi connectivity index (χ2n) is 7.71. The molecule has 6 nitrogen and oxygen atoms in total. The highest BCUT2D eigenvalue weighted by Crippen LogP contribution is 2.45. The maximum absolute atomic E-state index is 13.5. The van der Waals surface area contributed by atoms with E-state index in [0.717, 1.165) is 11.1 Å². The van der Waals surface area contributed by atoms with Crippen molar-refractivity contribution < 1.29 is 24.2 Å². The lowest BCUT2D eigenvalue weighted by Crippen LogP contribution is -2.31. The lowest BCUT2D eigenvalue weighted by molar-refractivity contribution is -0.117. The molecule has 1 N–H and O–H groups in total. The lowest BCUT2D eigenvalue weighted by atomic mass is 9.94. The zero-order chi connectivity index (χ0) is 23.7. The fourth-order valence-electron chi connectivity index (χ4n) is 4.07. The zero-order valence-electron chi connectivity index (χ0n) is 18.9. The lowest BCUT2D eigenvalue weighted by Gasteiger charge is -2.29. The number of hydrogen-bond acceptors (Lipinski definition) is 6. The molecule has 170 valence electrons. The molecule has 33 heavy (non-hydrogen) atoms. The summed E-state index contributed by atoms with van der Waals surface area (Å²) in [6.07, 6.45) is 0. The molecular formula is C26H25NO5S. The van der Waals surface area contributed by atoms with E-state index >= 15 is 0 Å². The fraction of sp³-hybridized carbons (Fsp3) is 0.231. The number of Topliss-reactive ketones (excluding diaryl/α,β-unsaturated/α-hetero) is 1. The van der Waals surface area contributed by atoms with Gasteiger partial charge < -0.3 is 14.6 Å². The maximum Gasteiger partial charge on any atom is 0.294 e. The number of carbonyl (C=O) groups excluding carboxylic acids is 2. The minimum absolute atomic E-state index is 0.0518. The zero-order valence-corrected chi connectivity index (χ0v) is 19.7. The Hall–Kier alpha value is -3.58. The first kappa shape index (κ1) is 22.6. The molecule has 7 heteroatoms. The molecule has 0 fully saturated rings. The van der Waals surface area contributed by atoms with Crippen LogP contribution in [-0.2, 0) is 4.79 Å². The molecular weight excluding hydrogens is 438 g/mol. The van der Waals surface area contributed by atoms with E-state index in [9.17, 15) is 14.7 Å². The SMILES string of the molecule is CCOc1cc(C2C(C(=O)c3cccs3)=C(O)C(=O)N2c2cccc(C)c2C)ccc1OC. The summed E-state index contributed by atoms with van der Waals surface area (Å²) >= 11 is 1.27. The average Bonchev–Trinajstić information content (AvgIpc) is 3.43. The largest absolute Gasteiger partial charge is 0.503 e. The molecule has 0 saturated carbocycles. The second-order valence-corrected chi connectivity index (χ2v) is 8.66. The number of carbonyl (C=O) groups is 2. The van der Waals surface area contributed by atoms with Gasteiger partial charge in [-0.15, -0.1) is 11.3 Å². The molecule has 2 aromatic carbocycles. The van der Waals surface area contributed by atoms with E-state index in [1.165, 1.54) is 16.2 Å². The van der Waals surface area contributed by atoms with Gasteiger partial charge in [0.2, 0.25) is 5.78 Å². The fourth-order valence-corrected chi connectivity index (χ4v) is 4.75. The van der Waals surface area contributed by atoms with Gasteiger partial charge in [0.05, 0.1) is 30.2 Å². The van der Waals surface area contributed by atoms with Crippen molar-refractivity contribution in [2.45, 2.75) is 26.8 Å². The number of nitrogens with zero attached hydrogens (tertiary/aromatic N) is 1. The first-order valence-corrected chi connectivity index (χ1v) is 11.5. The summed E-state index contributed by atoms with van der Waals surface area (Å²) in [6, 6.07) is 13.6. The minimum Gasteiger partial charge on any atom is -0.503 e. The Morgan fingerprint density at radius 3 is 2.58 bits per heavy atom. The summed E-state index contributed by atoms with van der Waals surface area (Å²) in [5.41, 5.74) is 3.22. The number of rotatable bonds is 7. The first-order chi connectivity index (χ1) is 15.9. The summed E-state index contributed by atoms with van der Waals surface area (Å²) in [5, 5.41) is 12.7. The highest BCUT2D eigenvalue weighted by Gasteiger charge is 2.45. The summed E-state index contributed by atoms with van der Waals surface area (Å²) in [7, 11) is 1.55. The predicted octanol–water partition coefficient (Wildman–Crippen LogP) is 5.56. The third-order valence-electron chi connectivity index (χ3n) is 5.84. The van der Waals surface area contributed by atoms with Gasteiger partial charge in [-0.1, -0.05) is 24.3 Å². The smallest absolute Gasteiger partial charge is 0.294 e. The normalized spacial score (nSPS) is 15.8. The topological polar surface area (TPSA) is 76.1 Å². The van der Waals surface area contributed by atoms with Gasteiger partial charge in [-0.2, -0.15) is 0 Å². The van der Waals surface area contributed by atoms with Gasteiger partial charge in [0.25, 0.3) is 5.91 Å². The van der Waals surface area contributed by atoms with Crippen LogP contribution in [0.25, 0.3) is 0 Å². The molecule has 0 spiro atoms. The quantitative estimate of drug-likeness (QED) is 0.465. The molecule has 1 aromatic heterocycles. The molecule has 3 aromatic rings. The Morgan fingerprint density at radius 2 is 1.91 bits per heavy atom. The third kappa shape index (κ3) is 3.89. The molecule has 1 aliphatic heterocycles. The summed E-state index contributed by atoms with van der Waals surface area (Å²) in [6.45, 7) is 6.17. The highest BCUT2D eigenvalue weighted by molar-refractivity contribution is 7.12. The Morgan fingerprint density at radius 1 is 1.12 bits per heavy atom. The Balaban J connectivity index is 1.93. The highest BCUT2D eigenvalue weighted by atomic mass is 32.1. The molecule has 0 radical (unpaired) electrons. The van der Waals surface area contributed by atoms with E-state index in [4.69, 9.17) is 9.47 Å². The number of benzene rings is 2. The molecule has 4 rings (SSSR count). The summed E-state index contributed by atoms with van der Waals surface area (Å²) in [4.78, 5) is 28.8. The van der Waals surface area contributed by atoms with Crippen molar-refractivity contribution in [3.8, 4) is 11.5 Å². The van der Waals surface area contributed by atoms with Crippen LogP contribution in [0.1, 0.15) is 39.3 Å². The van der Waals surface area contributed by atoms with E-state index in [-0.39, 0.29) is 11.4 Å². The number of methoxy groups -OCH3 is 1. The third-order valence-corrected chi connectivity index (χ3v) is 6.71. The number of thiophene rings is 1. The molecule has 1 atom stereocenters. The Kier molecular flexibility index (Phi) is 6.24. The number of hydrogen-bond donors (Lipinski definition) is 1. The molecule has 2 heterocycles. The van der Waals surface area contributed by atoms with Gasteiger partial charge in [0, 0.05) is 5.69 Å². The molecule has 0 saturated heterocycles. The standard InChI is InChI=1S/C26H25NO5S/c1-5-32-20-14-17(11-12-19(20)31-4)23-22(24(28)21-10-7-13-33-21)25(29)26(30)27(23)18-9-6-8-15(2)16(18)3/h6-14,23,29H,5H2,1-4H3. The van der Waals surface area contributed by atoms with E-state index in [1.807, 2.05) is 39.0 Å². The van der Waals surface area contributed by atoms with E-state index in [2.05, 4.69) is 0 Å². The monoisotopic (exact) mass is 463 g/mol. The van der Waals surface area contributed by atoms with Gasteiger partial charge in [0.15, 0.2) is 17.3 Å². The number of ketones is 1. The number of amides is 1. The van der Waals surface area contributed by atoms with Crippen molar-refractivity contribution in [1.82, 2.24) is 0 Å². The van der Waals surface area contributed by atoms with Gasteiger partial charge in [0.1, 0.15) is 0 Å². The second kappa shape index (κ2) is 9.11. The van der Waals surface area contributed by atoms with Crippen LogP contribution in [0.15, 0.2) is 65.2 Å². The van der Waals surface area contributed by atoms with Crippen LogP contribution in [0.5, 0.6) is 11.5 Å². The van der Waals surface area contributed by atoms with Gasteiger partial charge in [-0.05, 0) is 67.1 Å². The van der Waals surface area contributed by atoms with Crippen molar-refractivity contribution in [1.29, 1.82) is 0 Å². The first-order valence-electron chi connectivity index (χ1n) is 10.6. The van der Waals surface area contributed by atoms with Crippen molar-refractivity contribution in [3.05, 3.63) is 86.8 Å². The number of aliphatic hydroxyl groups is 1. The van der Waals surface area contributed by atoms with E-state index in [0.29, 0.717) is 34.2 Å². The summed E-state index contributed by atoms with van der Waals surface area (Å²) in [5.74, 6) is -0.472. The Labute approximate surface area is 196 Å². The van der Waals surface area contributed by atoms with Crippen molar-refractivity contribution in [2.75, 3.05) is 18.6 Å². The predicted molar refractivity (Wildman–Crippen MR) is 129 cm³/mol. The number of anilines is 1. The van der Waals surface area contributed by atoms with Crippen molar-refractivity contribution >= 4 is 28.7 Å². The summed E-state index contributed by atoms with van der Waals surface area (Å²) < 4.78 is 11.1. The van der Waals surface area contributed by atoms with Crippen LogP contribution in [0.3, 0.4) is 0 Å². The van der Waals surface area contributed by atoms with E-state index in [1.54, 1.807) is 42.8 Å². The van der Waals surface area contributed by atoms with Crippen LogP contribution >= 0.6 is 11.3 Å². The van der Waals surface area contributed by atoms with E-state index < -0.39 is 17.7 Å². The van der Waals surface area contributed by atoms with Gasteiger partial charge >= 0.3 is 0 Å². The minimum atomic E-state index is -0.822. The molecule has 1 aliphatic rings. The average molecular weight is 464 g/mol. The number of ether oxygens (including phenoxy) is 2. The number of aryl methyl sites for hydroxylation is 1. The van der Waals surface area contributed by atoms with Crippen LogP contribution in [0, 0.1) is 13.8 Å². The van der Waals surface area contributed by atoms with Crippen LogP contribution < -0.4 is 14.4 Å². The van der Waals surface area contributed by atoms with Crippen LogP contribution in [0.2, 0.25) is 0 Å². The van der Waals surface area contributed by atoms with Gasteiger partial charge in [-0.25, -0.2) is 0 Å².